The van der Waals surface area contributed by atoms with E-state index in [1.165, 1.54) is 6.42 Å². The fourth-order valence-corrected chi connectivity index (χ4v) is 1.29. The van der Waals surface area contributed by atoms with Crippen molar-refractivity contribution >= 4 is 0 Å². The van der Waals surface area contributed by atoms with Gasteiger partial charge in [-0.15, -0.1) is 0 Å². The lowest BCUT2D eigenvalue weighted by atomic mass is 9.93. The van der Waals surface area contributed by atoms with Crippen molar-refractivity contribution in [1.82, 2.24) is 5.32 Å². The summed E-state index contributed by atoms with van der Waals surface area (Å²) in [5.74, 6) is 0. The molecule has 0 saturated heterocycles. The van der Waals surface area contributed by atoms with Gasteiger partial charge in [0.2, 0.25) is 0 Å². The van der Waals surface area contributed by atoms with Gasteiger partial charge in [-0.1, -0.05) is 34.6 Å². The fourth-order valence-electron chi connectivity index (χ4n) is 1.29. The molecule has 0 spiro atoms. The molecule has 0 fully saturated rings. The van der Waals surface area contributed by atoms with Gasteiger partial charge in [0.1, 0.15) is 0 Å². The molecule has 0 rings (SSSR count). The highest BCUT2D eigenvalue weighted by molar-refractivity contribution is 4.63. The molecule has 2 heteroatoms. The van der Waals surface area contributed by atoms with E-state index in [-0.39, 0.29) is 0 Å². The fraction of sp³-hybridized carbons (Fsp3) is 1.00. The minimum absolute atomic E-state index is 0.384. The zero-order valence-corrected chi connectivity index (χ0v) is 11.2. The first-order chi connectivity index (χ1) is 6.99. The maximum atomic E-state index is 5.85. The van der Waals surface area contributed by atoms with Gasteiger partial charge >= 0.3 is 0 Å². The maximum Gasteiger partial charge on any atom is 0.0696 e. The highest BCUT2D eigenvalue weighted by atomic mass is 16.5. The Bertz CT molecular complexity index is 140. The van der Waals surface area contributed by atoms with E-state index in [1.807, 2.05) is 0 Å². The first kappa shape index (κ1) is 14.9. The molecule has 0 radical (unpaired) electrons. The highest BCUT2D eigenvalue weighted by Crippen LogP contribution is 2.18. The van der Waals surface area contributed by atoms with E-state index in [2.05, 4.69) is 39.9 Å². The summed E-state index contributed by atoms with van der Waals surface area (Å²) in [6.45, 7) is 14.1. The number of rotatable bonds is 8. The first-order valence-electron chi connectivity index (χ1n) is 6.32. The number of nitrogens with one attached hydrogen (secondary N) is 1. The van der Waals surface area contributed by atoms with E-state index >= 15 is 0 Å². The van der Waals surface area contributed by atoms with Crippen LogP contribution in [-0.4, -0.2) is 25.8 Å². The van der Waals surface area contributed by atoms with Crippen molar-refractivity contribution in [3.05, 3.63) is 0 Å². The van der Waals surface area contributed by atoms with Crippen LogP contribution in [0.1, 0.15) is 53.9 Å². The molecule has 1 unspecified atom stereocenters. The molecule has 1 atom stereocenters. The van der Waals surface area contributed by atoms with Crippen LogP contribution in [0.3, 0.4) is 0 Å². The van der Waals surface area contributed by atoms with Crippen LogP contribution in [0.15, 0.2) is 0 Å². The lowest BCUT2D eigenvalue weighted by molar-refractivity contribution is 0.0359. The van der Waals surface area contributed by atoms with E-state index in [0.717, 1.165) is 32.5 Å². The van der Waals surface area contributed by atoms with Gasteiger partial charge in [-0.05, 0) is 31.2 Å². The molecule has 2 nitrogen and oxygen atoms in total. The van der Waals surface area contributed by atoms with E-state index < -0.39 is 0 Å². The molecule has 0 aliphatic carbocycles. The number of hydrogen-bond donors (Lipinski definition) is 1. The number of ether oxygens (including phenoxy) is 1. The largest absolute Gasteiger partial charge is 0.377 e. The zero-order valence-electron chi connectivity index (χ0n) is 11.2. The van der Waals surface area contributed by atoms with Gasteiger partial charge in [-0.2, -0.15) is 0 Å². The Morgan fingerprint density at radius 3 is 2.33 bits per heavy atom. The van der Waals surface area contributed by atoms with E-state index in [0.29, 0.717) is 11.5 Å². The Morgan fingerprint density at radius 2 is 1.87 bits per heavy atom. The maximum absolute atomic E-state index is 5.85. The molecule has 0 aliphatic heterocycles. The topological polar surface area (TPSA) is 21.3 Å². The average molecular weight is 215 g/mol. The summed E-state index contributed by atoms with van der Waals surface area (Å²) in [5.41, 5.74) is 0.384. The van der Waals surface area contributed by atoms with Crippen molar-refractivity contribution in [3.8, 4) is 0 Å². The summed E-state index contributed by atoms with van der Waals surface area (Å²) in [7, 11) is 0. The van der Waals surface area contributed by atoms with Crippen LogP contribution in [0, 0.1) is 5.41 Å². The summed E-state index contributed by atoms with van der Waals surface area (Å²) in [6.07, 6.45) is 3.82. The van der Waals surface area contributed by atoms with Crippen LogP contribution < -0.4 is 5.32 Å². The molecular weight excluding hydrogens is 186 g/mol. The molecule has 0 amide bonds. The van der Waals surface area contributed by atoms with Gasteiger partial charge in [0.15, 0.2) is 0 Å². The third kappa shape index (κ3) is 10.2. The van der Waals surface area contributed by atoms with Gasteiger partial charge in [0.25, 0.3) is 0 Å². The van der Waals surface area contributed by atoms with Gasteiger partial charge < -0.3 is 10.1 Å². The van der Waals surface area contributed by atoms with Crippen LogP contribution in [0.25, 0.3) is 0 Å². The van der Waals surface area contributed by atoms with Gasteiger partial charge in [-0.3, -0.25) is 0 Å². The third-order valence-electron chi connectivity index (χ3n) is 2.46. The smallest absolute Gasteiger partial charge is 0.0696 e. The minimum Gasteiger partial charge on any atom is -0.377 e. The SMILES string of the molecule is CCCNCC(CC)OCCC(C)(C)C. The third-order valence-corrected chi connectivity index (χ3v) is 2.46. The van der Waals surface area contributed by atoms with E-state index in [1.54, 1.807) is 0 Å². The van der Waals surface area contributed by atoms with Crippen LogP contribution in [0.2, 0.25) is 0 Å². The summed E-state index contributed by atoms with van der Waals surface area (Å²) < 4.78 is 5.85. The molecule has 1 N–H and O–H groups in total. The van der Waals surface area contributed by atoms with Crippen LogP contribution in [-0.2, 0) is 4.74 Å². The summed E-state index contributed by atoms with van der Waals surface area (Å²) >= 11 is 0. The molecule has 0 saturated carbocycles. The molecule has 0 aliphatic rings. The summed E-state index contributed by atoms with van der Waals surface area (Å²) in [5, 5.41) is 3.41. The van der Waals surface area contributed by atoms with Gasteiger partial charge in [0, 0.05) is 13.2 Å². The van der Waals surface area contributed by atoms with Crippen LogP contribution >= 0.6 is 0 Å². The molecule has 92 valence electrons. The molecule has 15 heavy (non-hydrogen) atoms. The lowest BCUT2D eigenvalue weighted by Gasteiger charge is -2.21. The average Bonchev–Trinajstić information content (AvgIpc) is 2.14. The van der Waals surface area contributed by atoms with Gasteiger partial charge in [0.05, 0.1) is 6.10 Å². The second-order valence-electron chi connectivity index (χ2n) is 5.42. The van der Waals surface area contributed by atoms with Crippen LogP contribution in [0.5, 0.6) is 0 Å². The predicted octanol–water partition coefficient (Wildman–Crippen LogP) is 3.22. The summed E-state index contributed by atoms with van der Waals surface area (Å²) in [4.78, 5) is 0. The number of hydrogen-bond acceptors (Lipinski definition) is 2. The van der Waals surface area contributed by atoms with Crippen molar-refractivity contribution in [3.63, 3.8) is 0 Å². The molecule has 0 aromatic rings. The van der Waals surface area contributed by atoms with E-state index in [9.17, 15) is 0 Å². The molecule has 0 aromatic carbocycles. The molecule has 0 bridgehead atoms. The molecular formula is C13H29NO. The Labute approximate surface area is 95.8 Å². The van der Waals surface area contributed by atoms with Crippen molar-refractivity contribution < 1.29 is 4.74 Å². The van der Waals surface area contributed by atoms with Crippen LogP contribution in [0.4, 0.5) is 0 Å². The Balaban J connectivity index is 3.52. The monoisotopic (exact) mass is 215 g/mol. The summed E-state index contributed by atoms with van der Waals surface area (Å²) in [6, 6.07) is 0. The molecule has 0 aromatic heterocycles. The first-order valence-corrected chi connectivity index (χ1v) is 6.32. The predicted molar refractivity (Wildman–Crippen MR) is 67.3 cm³/mol. The Morgan fingerprint density at radius 1 is 1.20 bits per heavy atom. The van der Waals surface area contributed by atoms with Crippen molar-refractivity contribution in [2.75, 3.05) is 19.7 Å². The van der Waals surface area contributed by atoms with Crippen molar-refractivity contribution in [1.29, 1.82) is 0 Å². The van der Waals surface area contributed by atoms with Gasteiger partial charge in [-0.25, -0.2) is 0 Å². The Kier molecular flexibility index (Phi) is 8.07. The second kappa shape index (κ2) is 8.12. The van der Waals surface area contributed by atoms with Crippen molar-refractivity contribution in [2.45, 2.75) is 60.0 Å². The van der Waals surface area contributed by atoms with E-state index in [4.69, 9.17) is 4.74 Å². The quantitative estimate of drug-likeness (QED) is 0.628. The second-order valence-corrected chi connectivity index (χ2v) is 5.42. The lowest BCUT2D eigenvalue weighted by Crippen LogP contribution is -2.30. The Hall–Kier alpha value is -0.0800. The highest BCUT2D eigenvalue weighted by Gasteiger charge is 2.12. The minimum atomic E-state index is 0.384. The normalized spacial score (nSPS) is 14.2. The zero-order chi connectivity index (χ0) is 11.7. The van der Waals surface area contributed by atoms with Crippen molar-refractivity contribution in [2.24, 2.45) is 5.41 Å². The standard InChI is InChI=1S/C13H29NO/c1-6-9-14-11-12(7-2)15-10-8-13(3,4)5/h12,14H,6-11H2,1-5H3. The molecule has 0 heterocycles.